The molecule has 5 heteroatoms. The largest absolute Gasteiger partial charge is 0.344 e. The highest BCUT2D eigenvalue weighted by Crippen LogP contribution is 2.21. The normalized spacial score (nSPS) is 10.2. The Kier molecular flexibility index (Phi) is 6.61. The van der Waals surface area contributed by atoms with Crippen molar-refractivity contribution in [1.29, 1.82) is 0 Å². The molecular formula is C17H23N3O2. The molecule has 0 atom stereocenters. The topological polar surface area (TPSA) is 61.4 Å². The van der Waals surface area contributed by atoms with Gasteiger partial charge in [-0.15, -0.1) is 6.42 Å². The van der Waals surface area contributed by atoms with Crippen molar-refractivity contribution in [2.24, 2.45) is 0 Å². The lowest BCUT2D eigenvalue weighted by atomic mass is 10.1. The molecule has 0 bridgehead atoms. The fraction of sp³-hybridized carbons (Fsp3) is 0.412. The molecule has 22 heavy (non-hydrogen) atoms. The summed E-state index contributed by atoms with van der Waals surface area (Å²) in [5.74, 6) is 1.98. The van der Waals surface area contributed by atoms with Gasteiger partial charge in [-0.05, 0) is 38.9 Å². The number of hydrogen-bond donors (Lipinski definition) is 2. The minimum atomic E-state index is -0.198. The molecule has 0 saturated carbocycles. The number of nitrogens with zero attached hydrogens (tertiary/aromatic N) is 1. The van der Waals surface area contributed by atoms with Crippen molar-refractivity contribution < 1.29 is 9.59 Å². The Hall–Kier alpha value is -2.32. The zero-order valence-corrected chi connectivity index (χ0v) is 13.6. The second-order valence-corrected chi connectivity index (χ2v) is 5.48. The number of amides is 2. The molecule has 1 aromatic rings. The smallest absolute Gasteiger partial charge is 0.238 e. The Morgan fingerprint density at radius 1 is 1.14 bits per heavy atom. The van der Waals surface area contributed by atoms with Crippen LogP contribution in [0.2, 0.25) is 0 Å². The van der Waals surface area contributed by atoms with Crippen molar-refractivity contribution in [2.45, 2.75) is 20.8 Å². The third kappa shape index (κ3) is 5.58. The Balaban J connectivity index is 2.57. The highest BCUT2D eigenvalue weighted by molar-refractivity contribution is 5.94. The van der Waals surface area contributed by atoms with Gasteiger partial charge in [0.2, 0.25) is 11.8 Å². The molecule has 1 rings (SSSR count). The summed E-state index contributed by atoms with van der Waals surface area (Å²) in [5, 5.41) is 5.47. The number of anilines is 1. The fourth-order valence-electron chi connectivity index (χ4n) is 2.31. The lowest BCUT2D eigenvalue weighted by molar-refractivity contribution is -0.122. The van der Waals surface area contributed by atoms with E-state index in [4.69, 9.17) is 6.42 Å². The van der Waals surface area contributed by atoms with Crippen LogP contribution in [0.3, 0.4) is 0 Å². The van der Waals surface area contributed by atoms with Gasteiger partial charge >= 0.3 is 0 Å². The molecule has 5 nitrogen and oxygen atoms in total. The third-order valence-electron chi connectivity index (χ3n) is 3.16. The molecular weight excluding hydrogens is 278 g/mol. The lowest BCUT2D eigenvalue weighted by Gasteiger charge is -2.17. The molecule has 0 heterocycles. The molecule has 0 spiro atoms. The summed E-state index contributed by atoms with van der Waals surface area (Å²) >= 11 is 0. The van der Waals surface area contributed by atoms with E-state index in [0.29, 0.717) is 0 Å². The molecule has 0 aliphatic heterocycles. The first-order valence-electron chi connectivity index (χ1n) is 7.10. The molecule has 0 aliphatic carbocycles. The van der Waals surface area contributed by atoms with Gasteiger partial charge in [-0.3, -0.25) is 14.5 Å². The molecule has 0 aromatic heterocycles. The average Bonchev–Trinajstić information content (AvgIpc) is 2.40. The van der Waals surface area contributed by atoms with E-state index in [1.54, 1.807) is 11.9 Å². The van der Waals surface area contributed by atoms with Crippen molar-refractivity contribution in [2.75, 3.05) is 32.0 Å². The fourth-order valence-corrected chi connectivity index (χ4v) is 2.31. The molecule has 0 radical (unpaired) electrons. The van der Waals surface area contributed by atoms with E-state index in [-0.39, 0.29) is 31.4 Å². The monoisotopic (exact) mass is 301 g/mol. The minimum absolute atomic E-state index is 0.126. The number of carbonyl (C=O) groups excluding carboxylic acids is 2. The van der Waals surface area contributed by atoms with Gasteiger partial charge in [-0.25, -0.2) is 0 Å². The van der Waals surface area contributed by atoms with Crippen LogP contribution in [-0.4, -0.2) is 43.4 Å². The van der Waals surface area contributed by atoms with E-state index in [9.17, 15) is 9.59 Å². The van der Waals surface area contributed by atoms with Crippen LogP contribution in [0, 0.1) is 33.1 Å². The first-order valence-corrected chi connectivity index (χ1v) is 7.10. The van der Waals surface area contributed by atoms with Gasteiger partial charge in [0, 0.05) is 5.69 Å². The predicted octanol–water partition coefficient (Wildman–Crippen LogP) is 1.23. The highest BCUT2D eigenvalue weighted by atomic mass is 16.2. The van der Waals surface area contributed by atoms with E-state index in [1.807, 2.05) is 32.9 Å². The quantitative estimate of drug-likeness (QED) is 0.777. The zero-order chi connectivity index (χ0) is 16.7. The number of nitrogens with one attached hydrogen (secondary N) is 2. The summed E-state index contributed by atoms with van der Waals surface area (Å²) in [6.07, 6.45) is 5.07. The first-order chi connectivity index (χ1) is 10.3. The minimum Gasteiger partial charge on any atom is -0.344 e. The van der Waals surface area contributed by atoms with E-state index in [1.165, 1.54) is 0 Å². The van der Waals surface area contributed by atoms with Crippen molar-refractivity contribution in [3.8, 4) is 12.3 Å². The van der Waals surface area contributed by atoms with Crippen LogP contribution < -0.4 is 10.6 Å². The summed E-state index contributed by atoms with van der Waals surface area (Å²) in [6.45, 7) is 6.41. The number of carbonyl (C=O) groups is 2. The Labute approximate surface area is 132 Å². The average molecular weight is 301 g/mol. The molecule has 118 valence electrons. The summed E-state index contributed by atoms with van der Waals surface area (Å²) < 4.78 is 0. The van der Waals surface area contributed by atoms with Crippen LogP contribution in [0.25, 0.3) is 0 Å². The molecule has 2 N–H and O–H groups in total. The summed E-state index contributed by atoms with van der Waals surface area (Å²) in [5.41, 5.74) is 4.05. The van der Waals surface area contributed by atoms with E-state index >= 15 is 0 Å². The summed E-state index contributed by atoms with van der Waals surface area (Å²) in [7, 11) is 1.71. The van der Waals surface area contributed by atoms with Gasteiger partial charge < -0.3 is 10.6 Å². The highest BCUT2D eigenvalue weighted by Gasteiger charge is 2.12. The maximum Gasteiger partial charge on any atom is 0.238 e. The second-order valence-electron chi connectivity index (χ2n) is 5.48. The maximum absolute atomic E-state index is 12.1. The van der Waals surface area contributed by atoms with Gasteiger partial charge in [0.15, 0.2) is 0 Å². The van der Waals surface area contributed by atoms with Crippen LogP contribution in [-0.2, 0) is 9.59 Å². The number of likely N-dealkylation sites (N-methyl/N-ethyl adjacent to an activating group) is 1. The lowest BCUT2D eigenvalue weighted by Crippen LogP contribution is -2.39. The van der Waals surface area contributed by atoms with Crippen molar-refractivity contribution >= 4 is 17.5 Å². The Morgan fingerprint density at radius 2 is 1.68 bits per heavy atom. The van der Waals surface area contributed by atoms with E-state index < -0.39 is 0 Å². The van der Waals surface area contributed by atoms with Crippen molar-refractivity contribution in [3.05, 3.63) is 28.8 Å². The van der Waals surface area contributed by atoms with Crippen LogP contribution in [0.1, 0.15) is 16.7 Å². The number of rotatable bonds is 6. The molecule has 0 aliphatic rings. The molecule has 1 aromatic carbocycles. The Bertz CT molecular complexity index is 579. The van der Waals surface area contributed by atoms with Crippen LogP contribution in [0.15, 0.2) is 12.1 Å². The van der Waals surface area contributed by atoms with E-state index in [0.717, 1.165) is 22.4 Å². The van der Waals surface area contributed by atoms with Crippen LogP contribution in [0.4, 0.5) is 5.69 Å². The van der Waals surface area contributed by atoms with Gasteiger partial charge in [0.1, 0.15) is 0 Å². The summed E-state index contributed by atoms with van der Waals surface area (Å²) in [6, 6.07) is 4.05. The second kappa shape index (κ2) is 8.20. The molecule has 0 saturated heterocycles. The van der Waals surface area contributed by atoms with Gasteiger partial charge in [-0.2, -0.15) is 0 Å². The van der Waals surface area contributed by atoms with Crippen LogP contribution in [0.5, 0.6) is 0 Å². The first kappa shape index (κ1) is 17.7. The number of benzene rings is 1. The number of hydrogen-bond acceptors (Lipinski definition) is 3. The zero-order valence-electron chi connectivity index (χ0n) is 13.6. The molecule has 0 unspecified atom stereocenters. The van der Waals surface area contributed by atoms with E-state index in [2.05, 4.69) is 16.6 Å². The predicted molar refractivity (Wildman–Crippen MR) is 88.6 cm³/mol. The van der Waals surface area contributed by atoms with Crippen molar-refractivity contribution in [1.82, 2.24) is 10.2 Å². The number of terminal acetylenes is 1. The maximum atomic E-state index is 12.1. The SMILES string of the molecule is C#CCNC(=O)CN(C)CC(=O)Nc1c(C)cc(C)cc1C. The number of aryl methyl sites for hydroxylation is 3. The summed E-state index contributed by atoms with van der Waals surface area (Å²) in [4.78, 5) is 25.2. The van der Waals surface area contributed by atoms with Gasteiger partial charge in [0.25, 0.3) is 0 Å². The third-order valence-corrected chi connectivity index (χ3v) is 3.16. The van der Waals surface area contributed by atoms with Gasteiger partial charge in [0.05, 0.1) is 19.6 Å². The van der Waals surface area contributed by atoms with Crippen LogP contribution >= 0.6 is 0 Å². The van der Waals surface area contributed by atoms with Crippen molar-refractivity contribution in [3.63, 3.8) is 0 Å². The Morgan fingerprint density at radius 3 is 2.23 bits per heavy atom. The molecule has 0 fully saturated rings. The molecule has 2 amide bonds. The standard InChI is InChI=1S/C17H23N3O2/c1-6-7-18-15(21)10-20(5)11-16(22)19-17-13(3)8-12(2)9-14(17)4/h1,8-9H,7,10-11H2,2-5H3,(H,18,21)(H,19,22). The van der Waals surface area contributed by atoms with Gasteiger partial charge in [-0.1, -0.05) is 23.6 Å².